The molecule has 2 nitrogen and oxygen atoms in total. The van der Waals surface area contributed by atoms with E-state index in [9.17, 15) is 4.79 Å². The molecule has 0 radical (unpaired) electrons. The van der Waals surface area contributed by atoms with Crippen molar-refractivity contribution in [1.29, 1.82) is 0 Å². The lowest BCUT2D eigenvalue weighted by Gasteiger charge is -2.20. The maximum absolute atomic E-state index is 11.8. The molecule has 1 atom stereocenters. The van der Waals surface area contributed by atoms with Gasteiger partial charge < -0.3 is 4.90 Å². The standard InChI is InChI=1S/C12H16BrNO/c1-4-11(13)12(15)14(3)10-7-5-9(2)6-8-10/h5-8,11H,4H2,1-3H3/t11-/m1/s1. The molecule has 82 valence electrons. The fraction of sp³-hybridized carbons (Fsp3) is 0.417. The molecule has 0 saturated carbocycles. The van der Waals surface area contributed by atoms with E-state index < -0.39 is 0 Å². The summed E-state index contributed by atoms with van der Waals surface area (Å²) in [6.45, 7) is 4.02. The maximum atomic E-state index is 11.8. The van der Waals surface area contributed by atoms with E-state index in [1.54, 1.807) is 11.9 Å². The van der Waals surface area contributed by atoms with Crippen LogP contribution in [0.25, 0.3) is 0 Å². The fourth-order valence-electron chi connectivity index (χ4n) is 1.28. The van der Waals surface area contributed by atoms with E-state index in [2.05, 4.69) is 15.9 Å². The van der Waals surface area contributed by atoms with Crippen molar-refractivity contribution in [2.45, 2.75) is 25.1 Å². The van der Waals surface area contributed by atoms with Gasteiger partial charge in [0, 0.05) is 12.7 Å². The Morgan fingerprint density at radius 2 is 1.93 bits per heavy atom. The zero-order chi connectivity index (χ0) is 11.4. The Morgan fingerprint density at radius 1 is 1.40 bits per heavy atom. The zero-order valence-electron chi connectivity index (χ0n) is 9.33. The van der Waals surface area contributed by atoms with E-state index in [1.165, 1.54) is 5.56 Å². The number of hydrogen-bond acceptors (Lipinski definition) is 1. The van der Waals surface area contributed by atoms with Crippen molar-refractivity contribution in [2.24, 2.45) is 0 Å². The summed E-state index contributed by atoms with van der Waals surface area (Å²) in [4.78, 5) is 13.4. The number of alkyl halides is 1. The Kier molecular flexibility index (Phi) is 4.33. The van der Waals surface area contributed by atoms with Gasteiger partial charge in [0.15, 0.2) is 0 Å². The molecule has 1 rings (SSSR count). The summed E-state index contributed by atoms with van der Waals surface area (Å²) >= 11 is 3.36. The van der Waals surface area contributed by atoms with E-state index in [0.717, 1.165) is 12.1 Å². The molecular weight excluding hydrogens is 254 g/mol. The molecule has 0 spiro atoms. The molecule has 1 aromatic carbocycles. The van der Waals surface area contributed by atoms with Gasteiger partial charge in [-0.25, -0.2) is 0 Å². The highest BCUT2D eigenvalue weighted by Gasteiger charge is 2.17. The maximum Gasteiger partial charge on any atom is 0.240 e. The van der Waals surface area contributed by atoms with Crippen LogP contribution in [0.1, 0.15) is 18.9 Å². The zero-order valence-corrected chi connectivity index (χ0v) is 10.9. The monoisotopic (exact) mass is 269 g/mol. The van der Waals surface area contributed by atoms with E-state index in [0.29, 0.717) is 0 Å². The van der Waals surface area contributed by atoms with Crippen molar-refractivity contribution in [1.82, 2.24) is 0 Å². The second-order valence-corrected chi connectivity index (χ2v) is 4.71. The highest BCUT2D eigenvalue weighted by molar-refractivity contribution is 9.10. The molecule has 0 aliphatic rings. The molecule has 0 aliphatic carbocycles. The highest BCUT2D eigenvalue weighted by Crippen LogP contribution is 2.17. The second-order valence-electron chi connectivity index (χ2n) is 3.61. The van der Waals surface area contributed by atoms with Gasteiger partial charge in [-0.2, -0.15) is 0 Å². The van der Waals surface area contributed by atoms with Crippen molar-refractivity contribution < 1.29 is 4.79 Å². The van der Waals surface area contributed by atoms with Gasteiger partial charge in [0.25, 0.3) is 0 Å². The number of nitrogens with zero attached hydrogens (tertiary/aromatic N) is 1. The van der Waals surface area contributed by atoms with Crippen molar-refractivity contribution in [3.63, 3.8) is 0 Å². The van der Waals surface area contributed by atoms with Crippen LogP contribution in [-0.4, -0.2) is 17.8 Å². The predicted molar refractivity (Wildman–Crippen MR) is 67.6 cm³/mol. The van der Waals surface area contributed by atoms with Gasteiger partial charge in [0.2, 0.25) is 5.91 Å². The smallest absolute Gasteiger partial charge is 0.240 e. The first-order chi connectivity index (χ1) is 7.06. The van der Waals surface area contributed by atoms with Gasteiger partial charge in [-0.15, -0.1) is 0 Å². The van der Waals surface area contributed by atoms with Crippen LogP contribution in [0.3, 0.4) is 0 Å². The summed E-state index contributed by atoms with van der Waals surface area (Å²) in [5, 5.41) is 0. The van der Waals surface area contributed by atoms with Crippen LogP contribution >= 0.6 is 15.9 Å². The fourth-order valence-corrected chi connectivity index (χ4v) is 1.59. The minimum atomic E-state index is -0.0937. The summed E-state index contributed by atoms with van der Waals surface area (Å²) in [6.07, 6.45) is 0.801. The summed E-state index contributed by atoms with van der Waals surface area (Å²) in [5.41, 5.74) is 2.13. The van der Waals surface area contributed by atoms with E-state index in [-0.39, 0.29) is 10.7 Å². The molecule has 0 unspecified atom stereocenters. The number of hydrogen-bond donors (Lipinski definition) is 0. The van der Waals surface area contributed by atoms with Crippen LogP contribution in [0, 0.1) is 6.92 Å². The third kappa shape index (κ3) is 3.06. The number of anilines is 1. The Hall–Kier alpha value is -0.830. The third-order valence-corrected chi connectivity index (χ3v) is 3.42. The van der Waals surface area contributed by atoms with E-state index >= 15 is 0 Å². The molecule has 0 saturated heterocycles. The van der Waals surface area contributed by atoms with Crippen LogP contribution in [0.4, 0.5) is 5.69 Å². The molecule has 0 bridgehead atoms. The van der Waals surface area contributed by atoms with Crippen LogP contribution in [-0.2, 0) is 4.79 Å². The molecule has 15 heavy (non-hydrogen) atoms. The summed E-state index contributed by atoms with van der Waals surface area (Å²) in [5.74, 6) is 0.0985. The molecular formula is C12H16BrNO. The van der Waals surface area contributed by atoms with Gasteiger partial charge in [-0.05, 0) is 25.5 Å². The first-order valence-corrected chi connectivity index (χ1v) is 5.96. The minimum Gasteiger partial charge on any atom is -0.315 e. The number of amides is 1. The molecule has 0 heterocycles. The SMILES string of the molecule is CC[C@@H](Br)C(=O)N(C)c1ccc(C)cc1. The van der Waals surface area contributed by atoms with Gasteiger partial charge in [-0.3, -0.25) is 4.79 Å². The largest absolute Gasteiger partial charge is 0.315 e. The normalized spacial score (nSPS) is 12.3. The van der Waals surface area contributed by atoms with Crippen LogP contribution in [0.2, 0.25) is 0 Å². The van der Waals surface area contributed by atoms with Crippen molar-refractivity contribution in [3.8, 4) is 0 Å². The quantitative estimate of drug-likeness (QED) is 0.773. The Balaban J connectivity index is 2.80. The van der Waals surface area contributed by atoms with E-state index in [1.807, 2.05) is 38.1 Å². The molecule has 1 amide bonds. The molecule has 0 fully saturated rings. The van der Waals surface area contributed by atoms with E-state index in [4.69, 9.17) is 0 Å². The lowest BCUT2D eigenvalue weighted by molar-refractivity contribution is -0.117. The number of carbonyl (C=O) groups excluding carboxylic acids is 1. The van der Waals surface area contributed by atoms with Gasteiger partial charge >= 0.3 is 0 Å². The number of rotatable bonds is 3. The van der Waals surface area contributed by atoms with Gasteiger partial charge in [0.1, 0.15) is 0 Å². The Bertz CT molecular complexity index is 334. The first-order valence-electron chi connectivity index (χ1n) is 5.04. The van der Waals surface area contributed by atoms with Crippen molar-refractivity contribution in [3.05, 3.63) is 29.8 Å². The van der Waals surface area contributed by atoms with Crippen LogP contribution in [0.5, 0.6) is 0 Å². The summed E-state index contributed by atoms with van der Waals surface area (Å²) in [7, 11) is 1.80. The van der Waals surface area contributed by atoms with Gasteiger partial charge in [-0.1, -0.05) is 40.5 Å². The Labute approximate surface area is 99.4 Å². The lowest BCUT2D eigenvalue weighted by atomic mass is 10.2. The summed E-state index contributed by atoms with van der Waals surface area (Å²) in [6, 6.07) is 7.94. The van der Waals surface area contributed by atoms with Crippen LogP contribution in [0.15, 0.2) is 24.3 Å². The average Bonchev–Trinajstić information content (AvgIpc) is 2.27. The number of halogens is 1. The molecule has 0 N–H and O–H groups in total. The first kappa shape index (κ1) is 12.2. The van der Waals surface area contributed by atoms with Crippen molar-refractivity contribution in [2.75, 3.05) is 11.9 Å². The third-order valence-electron chi connectivity index (χ3n) is 2.38. The van der Waals surface area contributed by atoms with Crippen molar-refractivity contribution >= 4 is 27.5 Å². The molecule has 0 aromatic heterocycles. The topological polar surface area (TPSA) is 20.3 Å². The average molecular weight is 270 g/mol. The second kappa shape index (κ2) is 5.31. The summed E-state index contributed by atoms with van der Waals surface area (Å²) < 4.78 is 0. The minimum absolute atomic E-state index is 0.0937. The highest BCUT2D eigenvalue weighted by atomic mass is 79.9. The van der Waals surface area contributed by atoms with Gasteiger partial charge in [0.05, 0.1) is 4.83 Å². The number of benzene rings is 1. The van der Waals surface area contributed by atoms with Crippen LogP contribution < -0.4 is 4.90 Å². The number of carbonyl (C=O) groups is 1. The molecule has 3 heteroatoms. The Morgan fingerprint density at radius 3 is 2.40 bits per heavy atom. The molecule has 0 aliphatic heterocycles. The molecule has 1 aromatic rings. The predicted octanol–water partition coefficient (Wildman–Crippen LogP) is 3.13. The lowest BCUT2D eigenvalue weighted by Crippen LogP contribution is -2.32. The number of aryl methyl sites for hydroxylation is 1.